The maximum atomic E-state index is 13.0. The Balaban J connectivity index is 1.83. The van der Waals surface area contributed by atoms with Gasteiger partial charge in [-0.2, -0.15) is 5.26 Å². The molecule has 4 aromatic rings. The molecule has 114 valence electrons. The van der Waals surface area contributed by atoms with Gasteiger partial charge in [-0.15, -0.1) is 0 Å². The predicted molar refractivity (Wildman–Crippen MR) is 92.7 cm³/mol. The van der Waals surface area contributed by atoms with Gasteiger partial charge in [0, 0.05) is 5.56 Å². The standard InChI is InChI=1S/C20H13N3O/c21-12-16(20-22-17-10-3-4-11-18(17)23-20)19(24)15-9-5-7-13-6-1-2-8-14(13)15/h1-11,16H,(H,22,23). The van der Waals surface area contributed by atoms with E-state index in [1.807, 2.05) is 60.7 Å². The van der Waals surface area contributed by atoms with Crippen LogP contribution in [0.25, 0.3) is 21.8 Å². The van der Waals surface area contributed by atoms with Gasteiger partial charge in [-0.25, -0.2) is 4.98 Å². The van der Waals surface area contributed by atoms with Crippen LogP contribution in [0.4, 0.5) is 0 Å². The van der Waals surface area contributed by atoms with Crippen molar-refractivity contribution in [3.05, 3.63) is 78.1 Å². The van der Waals surface area contributed by atoms with Crippen molar-refractivity contribution in [2.45, 2.75) is 5.92 Å². The molecule has 0 saturated carbocycles. The summed E-state index contributed by atoms with van der Waals surface area (Å²) in [6.07, 6.45) is 0. The highest BCUT2D eigenvalue weighted by Crippen LogP contribution is 2.26. The van der Waals surface area contributed by atoms with Gasteiger partial charge in [0.05, 0.1) is 17.1 Å². The molecule has 0 saturated heterocycles. The number of benzene rings is 3. The molecule has 1 heterocycles. The molecule has 0 fully saturated rings. The Hall–Kier alpha value is -3.45. The van der Waals surface area contributed by atoms with Gasteiger partial charge in [0.1, 0.15) is 5.82 Å². The van der Waals surface area contributed by atoms with E-state index in [-0.39, 0.29) is 5.78 Å². The van der Waals surface area contributed by atoms with Crippen molar-refractivity contribution in [3.63, 3.8) is 0 Å². The number of fused-ring (bicyclic) bond motifs is 2. The number of aromatic amines is 1. The van der Waals surface area contributed by atoms with Crippen molar-refractivity contribution in [3.8, 4) is 6.07 Å². The summed E-state index contributed by atoms with van der Waals surface area (Å²) in [4.78, 5) is 20.5. The summed E-state index contributed by atoms with van der Waals surface area (Å²) < 4.78 is 0. The number of hydrogen-bond donors (Lipinski definition) is 1. The lowest BCUT2D eigenvalue weighted by molar-refractivity contribution is 0.0978. The maximum Gasteiger partial charge on any atom is 0.188 e. The molecule has 0 bridgehead atoms. The number of H-pyrrole nitrogens is 1. The average molecular weight is 311 g/mol. The van der Waals surface area contributed by atoms with Gasteiger partial charge in [-0.05, 0) is 22.9 Å². The van der Waals surface area contributed by atoms with Crippen LogP contribution in [-0.4, -0.2) is 15.8 Å². The first-order valence-corrected chi connectivity index (χ1v) is 7.64. The molecule has 1 N–H and O–H groups in total. The van der Waals surface area contributed by atoms with Crippen LogP contribution in [0.1, 0.15) is 22.1 Å². The second-order valence-corrected chi connectivity index (χ2v) is 5.59. The molecule has 1 unspecified atom stereocenters. The number of hydrogen-bond acceptors (Lipinski definition) is 3. The van der Waals surface area contributed by atoms with Gasteiger partial charge >= 0.3 is 0 Å². The first-order valence-electron chi connectivity index (χ1n) is 7.64. The topological polar surface area (TPSA) is 69.5 Å². The highest BCUT2D eigenvalue weighted by atomic mass is 16.1. The molecule has 4 nitrogen and oxygen atoms in total. The Bertz CT molecular complexity index is 1070. The number of imidazole rings is 1. The minimum atomic E-state index is -0.955. The Morgan fingerprint density at radius 3 is 2.58 bits per heavy atom. The molecule has 1 atom stereocenters. The fourth-order valence-electron chi connectivity index (χ4n) is 2.95. The number of nitrogens with one attached hydrogen (secondary N) is 1. The van der Waals surface area contributed by atoms with Crippen molar-refractivity contribution in [1.82, 2.24) is 9.97 Å². The second-order valence-electron chi connectivity index (χ2n) is 5.59. The summed E-state index contributed by atoms with van der Waals surface area (Å²) in [6, 6.07) is 22.8. The van der Waals surface area contributed by atoms with Crippen LogP contribution in [0.15, 0.2) is 66.7 Å². The SMILES string of the molecule is N#CC(C(=O)c1cccc2ccccc12)c1nc2ccccc2[nH]1. The van der Waals surface area contributed by atoms with Gasteiger partial charge in [-0.1, -0.05) is 54.6 Å². The van der Waals surface area contributed by atoms with Crippen LogP contribution in [0, 0.1) is 11.3 Å². The van der Waals surface area contributed by atoms with Crippen molar-refractivity contribution in [2.24, 2.45) is 0 Å². The average Bonchev–Trinajstić information content (AvgIpc) is 3.05. The van der Waals surface area contributed by atoms with Crippen LogP contribution in [-0.2, 0) is 0 Å². The van der Waals surface area contributed by atoms with Crippen molar-refractivity contribution < 1.29 is 4.79 Å². The monoisotopic (exact) mass is 311 g/mol. The van der Waals surface area contributed by atoms with E-state index in [1.165, 1.54) is 0 Å². The van der Waals surface area contributed by atoms with Gasteiger partial charge in [0.2, 0.25) is 0 Å². The Labute approximate surface area is 138 Å². The zero-order valence-electron chi connectivity index (χ0n) is 12.7. The lowest BCUT2D eigenvalue weighted by Gasteiger charge is -2.08. The molecular formula is C20H13N3O. The number of rotatable bonds is 3. The molecular weight excluding hydrogens is 298 g/mol. The molecule has 4 rings (SSSR count). The summed E-state index contributed by atoms with van der Waals surface area (Å²) >= 11 is 0. The number of Topliss-reactive ketones (excluding diaryl/α,β-unsaturated/α-hetero) is 1. The van der Waals surface area contributed by atoms with E-state index in [0.29, 0.717) is 11.4 Å². The van der Waals surface area contributed by atoms with Gasteiger partial charge < -0.3 is 4.98 Å². The molecule has 24 heavy (non-hydrogen) atoms. The third-order valence-corrected chi connectivity index (χ3v) is 4.13. The molecule has 0 amide bonds. The Kier molecular flexibility index (Phi) is 3.33. The highest BCUT2D eigenvalue weighted by molar-refractivity contribution is 6.11. The summed E-state index contributed by atoms with van der Waals surface area (Å²) in [6.45, 7) is 0. The van der Waals surface area contributed by atoms with Gasteiger partial charge in [0.25, 0.3) is 0 Å². The summed E-state index contributed by atoms with van der Waals surface area (Å²) in [7, 11) is 0. The molecule has 0 aliphatic heterocycles. The quantitative estimate of drug-likeness (QED) is 0.576. The summed E-state index contributed by atoms with van der Waals surface area (Å²) in [5.41, 5.74) is 2.11. The number of nitrogens with zero attached hydrogens (tertiary/aromatic N) is 2. The van der Waals surface area contributed by atoms with Crippen LogP contribution in [0.5, 0.6) is 0 Å². The zero-order chi connectivity index (χ0) is 16.5. The normalized spacial score (nSPS) is 12.1. The molecule has 3 aromatic carbocycles. The predicted octanol–water partition coefficient (Wildman–Crippen LogP) is 4.21. The molecule has 0 aliphatic rings. The smallest absolute Gasteiger partial charge is 0.188 e. The minimum absolute atomic E-state index is 0.242. The largest absolute Gasteiger partial charge is 0.340 e. The van der Waals surface area contributed by atoms with Gasteiger partial charge in [-0.3, -0.25) is 4.79 Å². The number of carbonyl (C=O) groups excluding carboxylic acids is 1. The van der Waals surface area contributed by atoms with Crippen LogP contribution < -0.4 is 0 Å². The fourth-order valence-corrected chi connectivity index (χ4v) is 2.95. The highest BCUT2D eigenvalue weighted by Gasteiger charge is 2.26. The summed E-state index contributed by atoms with van der Waals surface area (Å²) in [5, 5.41) is 11.4. The number of para-hydroxylation sites is 2. The van der Waals surface area contributed by atoms with E-state index < -0.39 is 5.92 Å². The van der Waals surface area contributed by atoms with E-state index in [0.717, 1.165) is 21.8 Å². The first kappa shape index (κ1) is 14.2. The van der Waals surface area contributed by atoms with E-state index in [4.69, 9.17) is 0 Å². The Morgan fingerprint density at radius 1 is 1.00 bits per heavy atom. The van der Waals surface area contributed by atoms with Crippen LogP contribution >= 0.6 is 0 Å². The van der Waals surface area contributed by atoms with Crippen LogP contribution in [0.2, 0.25) is 0 Å². The van der Waals surface area contributed by atoms with Crippen molar-refractivity contribution in [2.75, 3.05) is 0 Å². The zero-order valence-corrected chi connectivity index (χ0v) is 12.7. The summed E-state index contributed by atoms with van der Waals surface area (Å²) in [5.74, 6) is -0.812. The minimum Gasteiger partial charge on any atom is -0.340 e. The molecule has 0 aliphatic carbocycles. The molecule has 0 radical (unpaired) electrons. The lowest BCUT2D eigenvalue weighted by Crippen LogP contribution is -2.13. The van der Waals surface area contributed by atoms with E-state index >= 15 is 0 Å². The first-order chi connectivity index (χ1) is 11.8. The second kappa shape index (κ2) is 5.64. The fraction of sp³-hybridized carbons (Fsp3) is 0.0500. The number of carbonyl (C=O) groups is 1. The Morgan fingerprint density at radius 2 is 1.75 bits per heavy atom. The van der Waals surface area contributed by atoms with E-state index in [2.05, 4.69) is 16.0 Å². The molecule has 0 spiro atoms. The number of ketones is 1. The molecule has 1 aromatic heterocycles. The van der Waals surface area contributed by atoms with E-state index in [1.54, 1.807) is 6.07 Å². The third-order valence-electron chi connectivity index (χ3n) is 4.13. The third kappa shape index (κ3) is 2.24. The van der Waals surface area contributed by atoms with Gasteiger partial charge in [0.15, 0.2) is 11.7 Å². The number of nitriles is 1. The maximum absolute atomic E-state index is 13.0. The van der Waals surface area contributed by atoms with Crippen molar-refractivity contribution >= 4 is 27.6 Å². The van der Waals surface area contributed by atoms with Crippen molar-refractivity contribution in [1.29, 1.82) is 5.26 Å². The van der Waals surface area contributed by atoms with E-state index in [9.17, 15) is 10.1 Å². The molecule has 4 heteroatoms. The number of aromatic nitrogens is 2. The van der Waals surface area contributed by atoms with Crippen LogP contribution in [0.3, 0.4) is 0 Å². The lowest BCUT2D eigenvalue weighted by atomic mass is 9.94.